The maximum Gasteiger partial charge on any atom is 0.246 e. The van der Waals surface area contributed by atoms with Crippen molar-refractivity contribution in [1.29, 1.82) is 0 Å². The molecule has 7 rings (SSSR count). The number of aliphatic hydroxyl groups excluding tert-OH is 4. The lowest BCUT2D eigenvalue weighted by atomic mass is 9.85. The number of carbonyl (C=O) groups is 4. The van der Waals surface area contributed by atoms with Crippen molar-refractivity contribution < 1.29 is 49.1 Å². The van der Waals surface area contributed by atoms with Crippen LogP contribution in [-0.2, 0) is 30.5 Å². The Balaban J connectivity index is 0.827. The van der Waals surface area contributed by atoms with Gasteiger partial charge in [0.05, 0.1) is 39.2 Å². The molecule has 0 aliphatic carbocycles. The van der Waals surface area contributed by atoms with Gasteiger partial charge in [-0.15, -0.1) is 11.3 Å². The minimum absolute atomic E-state index is 0.0166. The summed E-state index contributed by atoms with van der Waals surface area (Å²) in [4.78, 5) is 68.4. The van der Waals surface area contributed by atoms with Crippen LogP contribution in [0, 0.1) is 12.3 Å². The normalized spacial score (nSPS) is 21.5. The van der Waals surface area contributed by atoms with Crippen LogP contribution in [0.15, 0.2) is 66.6 Å². The number of halogens is 1. The molecule has 364 valence electrons. The number of ether oxygens (including phenoxy) is 2. The van der Waals surface area contributed by atoms with E-state index >= 15 is 0 Å². The molecule has 3 aromatic heterocycles. The summed E-state index contributed by atoms with van der Waals surface area (Å²) < 4.78 is 13.4. The van der Waals surface area contributed by atoms with E-state index in [4.69, 9.17) is 26.8 Å². The van der Waals surface area contributed by atoms with Crippen molar-refractivity contribution in [2.75, 3.05) is 18.9 Å². The Labute approximate surface area is 402 Å². The molecular formula is C48H59ClN8O10S. The van der Waals surface area contributed by atoms with E-state index in [1.807, 2.05) is 52.0 Å². The molecular weight excluding hydrogens is 916 g/mol. The zero-order valence-corrected chi connectivity index (χ0v) is 40.0. The maximum absolute atomic E-state index is 14.0. The number of nitrogens with two attached hydrogens (primary N) is 1. The Morgan fingerprint density at radius 3 is 2.44 bits per heavy atom. The van der Waals surface area contributed by atoms with E-state index in [-0.39, 0.29) is 79.6 Å². The van der Waals surface area contributed by atoms with Gasteiger partial charge in [-0.3, -0.25) is 19.2 Å². The molecule has 0 radical (unpaired) electrons. The van der Waals surface area contributed by atoms with Gasteiger partial charge in [-0.25, -0.2) is 15.0 Å². The lowest BCUT2D eigenvalue weighted by molar-refractivity contribution is -0.144. The third-order valence-electron chi connectivity index (χ3n) is 12.4. The fourth-order valence-corrected chi connectivity index (χ4v) is 9.56. The standard InChI is InChI=1S/C48H59ClN8O10S/c1-26-41(68-25-54-26)28-13-11-27(12-14-28)22-51-45(64)34-21-31(59)23-57(34)46(65)42(48(2,3)4)55-36(60)10-6-5-8-30(58)9-7-19-66-35-20-29(15-16-33(35)49)37(61)40-38(62)39(63)47(67-40)56-18-17-32-43(50)52-24-53-44(32)56/h11-18,20,24-25,31,34,37-40,42,47,59,61-63H,5-10,19,21-23H2,1-4H3,(H,51,64)(H,55,60)(H2,50,52,53)/t31-,34+,37-,38+,39-,40-,42-,47-/m1/s1. The van der Waals surface area contributed by atoms with Crippen LogP contribution < -0.4 is 21.1 Å². The SMILES string of the molecule is Cc1ncsc1-c1ccc(CNC(=O)[C@@H]2C[C@@H](O)CN2C(=O)[C@@H](NC(=O)CCCCC(=O)CCCOc2cc([C@@H](O)[C@H]3O[C@@H](n4ccc5c(N)ncnc54)[C@H](O)[C@@H]3O)ccc2Cl)C(C)(C)C)cc1. The van der Waals surface area contributed by atoms with Gasteiger partial charge in [-0.1, -0.05) is 62.7 Å². The second-order valence-electron chi connectivity index (χ2n) is 18.5. The second kappa shape index (κ2) is 21.8. The highest BCUT2D eigenvalue weighted by Gasteiger charge is 2.48. The van der Waals surface area contributed by atoms with Gasteiger partial charge in [-0.05, 0) is 66.5 Å². The molecule has 68 heavy (non-hydrogen) atoms. The van der Waals surface area contributed by atoms with Gasteiger partial charge >= 0.3 is 0 Å². The number of aromatic nitrogens is 4. The summed E-state index contributed by atoms with van der Waals surface area (Å²) in [5.41, 5.74) is 10.6. The molecule has 2 saturated heterocycles. The summed E-state index contributed by atoms with van der Waals surface area (Å²) in [5.74, 6) is -0.720. The molecule has 0 spiro atoms. The van der Waals surface area contributed by atoms with Gasteiger partial charge in [0, 0.05) is 45.0 Å². The number of nitrogens with zero attached hydrogens (tertiary/aromatic N) is 5. The van der Waals surface area contributed by atoms with Gasteiger partial charge in [0.2, 0.25) is 17.7 Å². The van der Waals surface area contributed by atoms with Crippen molar-refractivity contribution in [2.45, 2.75) is 128 Å². The van der Waals surface area contributed by atoms with Crippen LogP contribution in [0.4, 0.5) is 5.82 Å². The number of nitrogens with one attached hydrogen (secondary N) is 2. The molecule has 0 unspecified atom stereocenters. The van der Waals surface area contributed by atoms with Crippen molar-refractivity contribution in [1.82, 2.24) is 35.1 Å². The van der Waals surface area contributed by atoms with Crippen molar-refractivity contribution >= 4 is 63.3 Å². The summed E-state index contributed by atoms with van der Waals surface area (Å²) in [5, 5.41) is 50.3. The zero-order valence-electron chi connectivity index (χ0n) is 38.4. The van der Waals surface area contributed by atoms with Gasteiger partial charge in [-0.2, -0.15) is 0 Å². The molecule has 2 aliphatic rings. The van der Waals surface area contributed by atoms with E-state index in [9.17, 15) is 39.6 Å². The van der Waals surface area contributed by atoms with Crippen LogP contribution >= 0.6 is 22.9 Å². The van der Waals surface area contributed by atoms with Gasteiger partial charge in [0.25, 0.3) is 0 Å². The van der Waals surface area contributed by atoms with E-state index in [2.05, 4.69) is 25.6 Å². The number of anilines is 1. The lowest BCUT2D eigenvalue weighted by Crippen LogP contribution is -2.57. The number of β-amino-alcohol motifs (C(OH)–C–C–N with tert-alkyl or cyclic N) is 1. The minimum Gasteiger partial charge on any atom is -0.492 e. The topological polar surface area (TPSA) is 265 Å². The number of hydrogen-bond donors (Lipinski definition) is 7. The summed E-state index contributed by atoms with van der Waals surface area (Å²) in [6, 6.07) is 12.2. The fourth-order valence-electron chi connectivity index (χ4n) is 8.57. The second-order valence-corrected chi connectivity index (χ2v) is 19.7. The number of Topliss-reactive ketones (excluding diaryl/α,β-unsaturated/α-hetero) is 1. The zero-order chi connectivity index (χ0) is 48.9. The van der Waals surface area contributed by atoms with Gasteiger partial charge < -0.3 is 55.7 Å². The molecule has 2 fully saturated rings. The molecule has 8 N–H and O–H groups in total. The summed E-state index contributed by atoms with van der Waals surface area (Å²) >= 11 is 7.96. The van der Waals surface area contributed by atoms with E-state index in [0.29, 0.717) is 35.9 Å². The highest BCUT2D eigenvalue weighted by molar-refractivity contribution is 7.13. The Hall–Kier alpha value is -5.54. The summed E-state index contributed by atoms with van der Waals surface area (Å²) in [6.07, 6.45) is -2.67. The van der Waals surface area contributed by atoms with Gasteiger partial charge in [0.15, 0.2) is 6.23 Å². The Morgan fingerprint density at radius 1 is 0.985 bits per heavy atom. The number of likely N-dealkylation sites (tertiary alicyclic amines) is 1. The van der Waals surface area contributed by atoms with E-state index in [1.54, 1.807) is 35.2 Å². The predicted octanol–water partition coefficient (Wildman–Crippen LogP) is 4.55. The molecule has 0 saturated carbocycles. The van der Waals surface area contributed by atoms with Gasteiger partial charge in [0.1, 0.15) is 65.8 Å². The Bertz CT molecular complexity index is 2580. The summed E-state index contributed by atoms with van der Waals surface area (Å²) in [6.45, 7) is 7.77. The number of thiazole rings is 1. The number of ketones is 1. The summed E-state index contributed by atoms with van der Waals surface area (Å²) in [7, 11) is 0. The van der Waals surface area contributed by atoms with Crippen molar-refractivity contribution in [3.05, 3.63) is 88.4 Å². The monoisotopic (exact) mass is 974 g/mol. The first kappa shape index (κ1) is 50.3. The first-order chi connectivity index (χ1) is 32.4. The Morgan fingerprint density at radius 2 is 1.72 bits per heavy atom. The number of aliphatic hydroxyl groups is 4. The number of unbranched alkanes of at least 4 members (excludes halogenated alkanes) is 1. The quantitative estimate of drug-likeness (QED) is 0.0561. The van der Waals surface area contributed by atoms with E-state index in [1.165, 1.54) is 27.9 Å². The van der Waals surface area contributed by atoms with Crippen LogP contribution in [0.25, 0.3) is 21.5 Å². The minimum atomic E-state index is -1.46. The molecule has 0 bridgehead atoms. The molecule has 20 heteroatoms. The van der Waals surface area contributed by atoms with E-state index in [0.717, 1.165) is 21.7 Å². The largest absolute Gasteiger partial charge is 0.492 e. The fraction of sp³-hybridized carbons (Fsp3) is 0.479. The van der Waals surface area contributed by atoms with Crippen LogP contribution in [0.5, 0.6) is 5.75 Å². The van der Waals surface area contributed by atoms with Crippen LogP contribution in [-0.4, -0.2) is 118 Å². The van der Waals surface area contributed by atoms with Crippen molar-refractivity contribution in [3.63, 3.8) is 0 Å². The first-order valence-corrected chi connectivity index (χ1v) is 23.9. The average molecular weight is 976 g/mol. The number of fused-ring (bicyclic) bond motifs is 1. The smallest absolute Gasteiger partial charge is 0.246 e. The molecule has 8 atom stereocenters. The van der Waals surface area contributed by atoms with E-state index < -0.39 is 60.2 Å². The molecule has 2 aromatic carbocycles. The highest BCUT2D eigenvalue weighted by atomic mass is 35.5. The van der Waals surface area contributed by atoms with Crippen molar-refractivity contribution in [2.24, 2.45) is 5.41 Å². The van der Waals surface area contributed by atoms with Crippen LogP contribution in [0.2, 0.25) is 5.02 Å². The average Bonchev–Trinajstić information content (AvgIpc) is 4.11. The van der Waals surface area contributed by atoms with Crippen molar-refractivity contribution in [3.8, 4) is 16.2 Å². The number of amides is 3. The first-order valence-electron chi connectivity index (χ1n) is 22.7. The highest BCUT2D eigenvalue weighted by Crippen LogP contribution is 2.39. The Kier molecular flexibility index (Phi) is 16.2. The molecule has 5 heterocycles. The number of rotatable bonds is 19. The molecule has 18 nitrogen and oxygen atoms in total. The number of nitrogen functional groups attached to an aromatic ring is 1. The molecule has 3 amide bonds. The molecule has 2 aliphatic heterocycles. The van der Waals surface area contributed by atoms with Crippen LogP contribution in [0.1, 0.15) is 94.9 Å². The lowest BCUT2D eigenvalue weighted by Gasteiger charge is -2.35. The van der Waals surface area contributed by atoms with Crippen LogP contribution in [0.3, 0.4) is 0 Å². The number of benzene rings is 2. The molecule has 5 aromatic rings. The number of aryl methyl sites for hydroxylation is 1. The number of hydrogen-bond acceptors (Lipinski definition) is 15. The third kappa shape index (κ3) is 11.6. The number of carbonyl (C=O) groups excluding carboxylic acids is 4. The maximum atomic E-state index is 14.0. The third-order valence-corrected chi connectivity index (χ3v) is 13.7. The predicted molar refractivity (Wildman–Crippen MR) is 254 cm³/mol.